The smallest absolute Gasteiger partial charge is 0.741 e. The van der Waals surface area contributed by atoms with Crippen molar-refractivity contribution in [1.82, 2.24) is 42.5 Å². The van der Waals surface area contributed by atoms with Crippen LogP contribution in [0.5, 0.6) is 0 Å². The second-order valence-corrected chi connectivity index (χ2v) is 28.4. The van der Waals surface area contributed by atoms with Gasteiger partial charge < -0.3 is 154 Å². The van der Waals surface area contributed by atoms with Crippen LogP contribution >= 0.6 is 24.4 Å². The van der Waals surface area contributed by atoms with E-state index >= 15 is 0 Å². The average molecular weight is 2030 g/mol. The molecular weight excluding hydrogens is 1940 g/mol. The molecule has 662 valence electrons. The fraction of sp³-hybridized carbons (Fsp3) is 0.229. The average Bonchev–Trinajstić information content (AvgIpc) is 0.838. The molecular formula is C83H96Cu4N26S10. The minimum absolute atomic E-state index is 0. The molecule has 10 N–H and O–H groups in total. The molecule has 8 aromatic carbocycles. The molecule has 0 aliphatic heterocycles. The van der Waals surface area contributed by atoms with E-state index in [2.05, 4.69) is 137 Å². The van der Waals surface area contributed by atoms with Crippen molar-refractivity contribution >= 4 is 224 Å². The van der Waals surface area contributed by atoms with E-state index in [1.807, 2.05) is 287 Å². The number of amidine groups is 8. The van der Waals surface area contributed by atoms with Gasteiger partial charge in [0.15, 0.2) is 0 Å². The molecule has 0 unspecified atom stereocenters. The molecule has 0 saturated carbocycles. The van der Waals surface area contributed by atoms with Crippen LogP contribution in [0, 0.1) is 0 Å². The van der Waals surface area contributed by atoms with E-state index in [4.69, 9.17) is 107 Å². The van der Waals surface area contributed by atoms with Crippen LogP contribution in [0.1, 0.15) is 99.9 Å². The summed E-state index contributed by atoms with van der Waals surface area (Å²) < 4.78 is 0. The topological polar surface area (TPSA) is 323 Å². The Labute approximate surface area is 819 Å². The second kappa shape index (κ2) is 65.6. The maximum atomic E-state index is 5.84. The van der Waals surface area contributed by atoms with Crippen LogP contribution in [0.2, 0.25) is 0 Å². The Morgan fingerprint density at radius 1 is 0.268 bits per heavy atom. The number of nitrogens with one attached hydrogen (secondary N) is 8. The van der Waals surface area contributed by atoms with Gasteiger partial charge in [-0.3, -0.25) is 0 Å². The number of hydrogen-bond acceptors (Lipinski definition) is 28. The Balaban J connectivity index is 0.000000811. The molecule has 0 spiro atoms. The molecule has 4 radical (unpaired) electrons. The summed E-state index contributed by atoms with van der Waals surface area (Å²) in [7, 11) is 3.98. The van der Waals surface area contributed by atoms with Crippen LogP contribution in [0.3, 0.4) is 0 Å². The van der Waals surface area contributed by atoms with Crippen LogP contribution in [0.25, 0.3) is 0 Å². The largest absolute Gasteiger partial charge is 2.00 e. The van der Waals surface area contributed by atoms with Crippen molar-refractivity contribution in [2.24, 2.45) is 81.6 Å². The predicted molar refractivity (Wildman–Crippen MR) is 529 cm³/mol. The number of anilines is 2. The molecule has 0 amide bonds. The third-order valence-electron chi connectivity index (χ3n) is 15.0. The van der Waals surface area contributed by atoms with Crippen molar-refractivity contribution < 1.29 is 68.3 Å². The molecule has 0 aliphatic carbocycles. The van der Waals surface area contributed by atoms with Gasteiger partial charge in [0.25, 0.3) is 0 Å². The van der Waals surface area contributed by atoms with Gasteiger partial charge >= 0.3 is 68.3 Å². The van der Waals surface area contributed by atoms with Gasteiger partial charge in [0.2, 0.25) is 0 Å². The van der Waals surface area contributed by atoms with E-state index < -0.39 is 0 Å². The number of nitrogens with zero attached hydrogens (tertiary/aromatic N) is 17. The summed E-state index contributed by atoms with van der Waals surface area (Å²) in [5.41, 5.74) is 18.4. The second-order valence-electron chi connectivity index (χ2n) is 23.9. The van der Waals surface area contributed by atoms with Crippen LogP contribution in [-0.4, -0.2) is 160 Å². The van der Waals surface area contributed by atoms with Crippen molar-refractivity contribution in [3.8, 4) is 0 Å². The zero-order valence-corrected chi connectivity index (χ0v) is 81.0. The molecule has 8 aromatic rings. The van der Waals surface area contributed by atoms with Crippen LogP contribution in [0.15, 0.2) is 310 Å². The van der Waals surface area contributed by atoms with Gasteiger partial charge in [-0.15, -0.1) is 65.2 Å². The van der Waals surface area contributed by atoms with Crippen molar-refractivity contribution in [3.05, 3.63) is 263 Å². The number of thioether (sulfide) groups is 1. The molecule has 123 heavy (non-hydrogen) atoms. The quantitative estimate of drug-likeness (QED) is 0.00292. The molecule has 0 bridgehead atoms. The molecule has 0 fully saturated rings. The first-order valence-corrected chi connectivity index (χ1v) is 42.4. The number of rotatable bonds is 30. The minimum atomic E-state index is 0. The Kier molecular flexibility index (Phi) is 59.8. The zero-order chi connectivity index (χ0) is 86.5. The molecule has 0 saturated heterocycles. The van der Waals surface area contributed by atoms with Crippen molar-refractivity contribution in [1.29, 1.82) is 0 Å². The van der Waals surface area contributed by atoms with E-state index in [1.165, 1.54) is 0 Å². The van der Waals surface area contributed by atoms with Gasteiger partial charge in [-0.05, 0) is 152 Å². The van der Waals surface area contributed by atoms with Gasteiger partial charge in [-0.1, -0.05) is 170 Å². The van der Waals surface area contributed by atoms with Gasteiger partial charge in [0.05, 0.1) is 0 Å². The molecule has 26 nitrogen and oxygen atoms in total. The van der Waals surface area contributed by atoms with E-state index in [0.29, 0.717) is 135 Å². The van der Waals surface area contributed by atoms with Crippen LogP contribution in [-0.2, 0) is 169 Å². The van der Waals surface area contributed by atoms with E-state index in [1.54, 1.807) is 23.9 Å². The Morgan fingerprint density at radius 2 is 0.439 bits per heavy atom. The summed E-state index contributed by atoms with van der Waals surface area (Å²) in [5.74, 6) is 0. The first-order chi connectivity index (χ1) is 57.6. The molecule has 0 atom stereocenters. The van der Waals surface area contributed by atoms with Crippen LogP contribution in [0.4, 0.5) is 11.4 Å². The standard InChI is InChI=1S/C22H29N7S2.C21H26N6S3.C20H25N7S2.C20H24N6S3.4Cu/c1-5-23-21(30)27-25-19(16-10-8-7-9-11-16)20(26-28-22(31)24-6-2)17-12-14-18(15-13-17)29(3)4;1-4-22-20(28)26-24-18(15-9-7-6-8-10-15)19(25-27-21(29)23-5-2)16-11-13-17(30-3)14-12-16;1-3-22-19(28)26-24-17(14-8-6-5-7-9-14)18(25-27-20(29)23-4-2)15-10-12-16(21)13-11-15;1-3-21-19(28)25-23-17(14-8-6-5-7-9-14)18(24-26-20(29)22-4-2)15-10-12-16(27)13-11-15;;;;/h7-15H,5-6H2,1-4H3,(H2,23,27,30)(H2,24,28,31);6-14H,4-5H2,1-3H3,(H2,22,26,28)(H2,23,27,29);5-13H,3-4,21H2,1-2H3,(H2,22,26,28)(H2,23,27,29);5-13,27H,3-4H2,1-2H3,(H2,21,25,28)(H2,22,26,29);;;;/q;;;;4*+2/p-8. The van der Waals surface area contributed by atoms with Crippen molar-refractivity contribution in [2.45, 2.75) is 65.2 Å². The number of thiol groups is 1. The van der Waals surface area contributed by atoms with Crippen molar-refractivity contribution in [2.75, 3.05) is 83.3 Å². The molecule has 40 heteroatoms. The van der Waals surface area contributed by atoms with Gasteiger partial charge in [0.1, 0.15) is 45.7 Å². The Morgan fingerprint density at radius 3 is 0.618 bits per heavy atom. The van der Waals surface area contributed by atoms with Gasteiger partial charge in [0, 0.05) is 132 Å². The summed E-state index contributed by atoms with van der Waals surface area (Å²) >= 11 is 47.7. The van der Waals surface area contributed by atoms with Crippen LogP contribution < -0.4 is 53.2 Å². The molecule has 8 rings (SSSR count). The first kappa shape index (κ1) is 112. The van der Waals surface area contributed by atoms with E-state index in [9.17, 15) is 0 Å². The monoisotopic (exact) mass is 2030 g/mol. The number of hydrogen-bond donors (Lipinski definition) is 10. The number of nitrogen functional groups attached to an aromatic ring is 1. The maximum Gasteiger partial charge on any atom is 2.00 e. The summed E-state index contributed by atoms with van der Waals surface area (Å²) in [6.45, 7) is 20.8. The molecule has 0 aromatic heterocycles. The van der Waals surface area contributed by atoms with Crippen molar-refractivity contribution in [3.63, 3.8) is 0 Å². The predicted octanol–water partition coefficient (Wildman–Crippen LogP) is 11.9. The minimum Gasteiger partial charge on any atom is -0.741 e. The molecule has 0 aliphatic rings. The SMILES string of the molecule is CCNC([S-])=NN=C(C(=NN=C([S-])NCC)c1ccc(N(C)C)cc1)c1ccccc1.CCNC([S-])=NN=C(C(=NN=C([S-])NCC)c1ccc(N)cc1)c1ccccc1.CCNC([S-])=NN=C(C(=NN=C([S-])NCC)c1ccc(S)cc1)c1ccccc1.CCNC([S-])=NN=C(C(=NN=C([S-])NCC)c1ccc(SC)cc1)c1ccccc1.[Cu+2].[Cu+2].[Cu+2].[Cu+2]. The van der Waals surface area contributed by atoms with Gasteiger partial charge in [-0.25, -0.2) is 0 Å². The summed E-state index contributed by atoms with van der Waals surface area (Å²) in [4.78, 5) is 4.01. The first-order valence-electron chi connectivity index (χ1n) is 37.5. The fourth-order valence-corrected chi connectivity index (χ4v) is 11.5. The van der Waals surface area contributed by atoms with Gasteiger partial charge in [-0.2, -0.15) is 40.8 Å². The third-order valence-corrected chi connectivity index (χ3v) is 17.8. The Bertz CT molecular complexity index is 4790. The number of nitrogens with two attached hydrogens (primary N) is 1. The molecule has 0 heterocycles. The Hall–Kier alpha value is -8.98. The van der Waals surface area contributed by atoms with E-state index in [0.717, 1.165) is 60.0 Å². The fourth-order valence-electron chi connectivity index (χ4n) is 9.50. The number of benzene rings is 8. The summed E-state index contributed by atoms with van der Waals surface area (Å²) in [5, 5.41) is 94.7. The third kappa shape index (κ3) is 42.5. The normalized spacial score (nSPS) is 12.8. The summed E-state index contributed by atoms with van der Waals surface area (Å²) in [6, 6.07) is 69.4. The summed E-state index contributed by atoms with van der Waals surface area (Å²) in [6.07, 6.45) is 2.03. The van der Waals surface area contributed by atoms with E-state index in [-0.39, 0.29) is 78.6 Å². The zero-order valence-electron chi connectivity index (χ0n) is 68.9. The maximum absolute atomic E-state index is 5.84.